The number of rotatable bonds is 0. The van der Waals surface area contributed by atoms with Gasteiger partial charge in [-0.3, -0.25) is 0 Å². The molecule has 1 atom stereocenters. The monoisotopic (exact) mass is 138 g/mol. The first kappa shape index (κ1) is 8.85. The van der Waals surface area contributed by atoms with Crippen LogP contribution in [0.25, 0.3) is 0 Å². The molecule has 0 heterocycles. The maximum atomic E-state index is 9.00. The van der Waals surface area contributed by atoms with Crippen LogP contribution in [-0.4, -0.2) is 24.0 Å². The van der Waals surface area contributed by atoms with Gasteiger partial charge in [0, 0.05) is 0 Å². The molecule has 0 bridgehead atoms. The van der Waals surface area contributed by atoms with Gasteiger partial charge >= 0.3 is 24.0 Å². The SMILES string of the molecule is NC(N)=O.[AsH3]. The molecule has 0 aromatic carbocycles. The molecular weight excluding hydrogens is 131 g/mol. The van der Waals surface area contributed by atoms with Crippen LogP contribution in [0.1, 0.15) is 0 Å². The zero-order valence-corrected chi connectivity index (χ0v) is 5.74. The number of amides is 2. The average molecular weight is 138 g/mol. The zero-order valence-electron chi connectivity index (χ0n) is 2.77. The van der Waals surface area contributed by atoms with Crippen LogP contribution in [0.2, 0.25) is 0 Å². The average Bonchev–Trinajstić information content (AvgIpc) is 0.811. The molecule has 0 rings (SSSR count). The predicted molar refractivity (Wildman–Crippen MR) is 23.7 cm³/mol. The Morgan fingerprint density at radius 2 is 1.40 bits per heavy atom. The Morgan fingerprint density at radius 3 is 1.40 bits per heavy atom. The number of primary amides is 2. The van der Waals surface area contributed by atoms with Gasteiger partial charge < -0.3 is 11.5 Å². The molecule has 0 radical (unpaired) electrons. The van der Waals surface area contributed by atoms with E-state index in [1.165, 1.54) is 0 Å². The molecular formula is CH7AsN2O. The van der Waals surface area contributed by atoms with E-state index in [1.807, 2.05) is 0 Å². The van der Waals surface area contributed by atoms with Gasteiger partial charge in [0.2, 0.25) is 0 Å². The molecule has 0 aliphatic heterocycles. The molecule has 0 saturated carbocycles. The molecule has 0 aliphatic rings. The molecule has 2 amide bonds. The van der Waals surface area contributed by atoms with Gasteiger partial charge in [0.1, 0.15) is 0 Å². The molecule has 3 nitrogen and oxygen atoms in total. The van der Waals surface area contributed by atoms with Gasteiger partial charge in [-0.1, -0.05) is 0 Å². The molecule has 0 spiro atoms. The van der Waals surface area contributed by atoms with E-state index in [0.29, 0.717) is 0 Å². The number of urea groups is 1. The normalized spacial score (nSPS) is 4.80. The third-order valence-electron chi connectivity index (χ3n) is 0. The third kappa shape index (κ3) is 435. The van der Waals surface area contributed by atoms with E-state index in [2.05, 4.69) is 11.5 Å². The number of carbonyl (C=O) groups is 1. The van der Waals surface area contributed by atoms with Gasteiger partial charge in [0.05, 0.1) is 0 Å². The van der Waals surface area contributed by atoms with Crippen molar-refractivity contribution in [2.45, 2.75) is 0 Å². The second kappa shape index (κ2) is 3.83. The Balaban J connectivity index is 0. The zero-order chi connectivity index (χ0) is 3.58. The molecule has 0 fully saturated rings. The topological polar surface area (TPSA) is 69.1 Å². The first-order valence-electron chi connectivity index (χ1n) is 0.781. The van der Waals surface area contributed by atoms with E-state index in [9.17, 15) is 0 Å². The molecule has 4 heteroatoms. The minimum atomic E-state index is -0.833. The summed E-state index contributed by atoms with van der Waals surface area (Å²) in [6.45, 7) is 0. The van der Waals surface area contributed by atoms with Crippen molar-refractivity contribution >= 4 is 24.0 Å². The molecule has 5 heavy (non-hydrogen) atoms. The number of carbonyl (C=O) groups excluding carboxylic acids is 1. The summed E-state index contributed by atoms with van der Waals surface area (Å²) >= 11 is 0. The maximum absolute atomic E-state index is 9.00. The van der Waals surface area contributed by atoms with E-state index < -0.39 is 6.03 Å². The van der Waals surface area contributed by atoms with E-state index in [0.717, 1.165) is 0 Å². The standard InChI is InChI=1S/CH4N2O.AsH3/c2-1(3)4;/h(H4,2,3,4);1H3. The summed E-state index contributed by atoms with van der Waals surface area (Å²) in [5.41, 5.74) is 8.50. The summed E-state index contributed by atoms with van der Waals surface area (Å²) in [5, 5.41) is 0. The van der Waals surface area contributed by atoms with Crippen LogP contribution in [0.4, 0.5) is 4.79 Å². The van der Waals surface area contributed by atoms with Crippen LogP contribution in [0, 0.1) is 0 Å². The summed E-state index contributed by atoms with van der Waals surface area (Å²) in [6.07, 6.45) is 0. The first-order chi connectivity index (χ1) is 1.73. The van der Waals surface area contributed by atoms with Crippen molar-refractivity contribution < 1.29 is 4.79 Å². The van der Waals surface area contributed by atoms with Crippen molar-refractivity contribution in [3.05, 3.63) is 0 Å². The molecule has 0 aromatic rings. The van der Waals surface area contributed by atoms with Gasteiger partial charge in [-0.2, -0.15) is 0 Å². The molecule has 0 aliphatic carbocycles. The van der Waals surface area contributed by atoms with Crippen molar-refractivity contribution in [2.75, 3.05) is 0 Å². The molecule has 32 valence electrons. The Kier molecular flexibility index (Phi) is 6.77. The van der Waals surface area contributed by atoms with Gasteiger partial charge in [-0.05, 0) is 0 Å². The van der Waals surface area contributed by atoms with Gasteiger partial charge in [0.15, 0.2) is 0 Å². The second-order valence-corrected chi connectivity index (χ2v) is 0.402. The summed E-state index contributed by atoms with van der Waals surface area (Å²) in [6, 6.07) is -0.833. The summed E-state index contributed by atoms with van der Waals surface area (Å²) in [5.74, 6) is 0. The van der Waals surface area contributed by atoms with Crippen LogP contribution in [0.15, 0.2) is 0 Å². The number of hydrogen-bond donors (Lipinski definition) is 2. The fourth-order valence-corrected chi connectivity index (χ4v) is 0. The van der Waals surface area contributed by atoms with Gasteiger partial charge in [-0.15, -0.1) is 0 Å². The molecule has 4 N–H and O–H groups in total. The van der Waals surface area contributed by atoms with E-state index >= 15 is 0 Å². The fourth-order valence-electron chi connectivity index (χ4n) is 0. The van der Waals surface area contributed by atoms with Crippen molar-refractivity contribution in [1.29, 1.82) is 0 Å². The van der Waals surface area contributed by atoms with Crippen LogP contribution in [0.5, 0.6) is 0 Å². The van der Waals surface area contributed by atoms with E-state index in [4.69, 9.17) is 4.79 Å². The molecule has 0 aromatic heterocycles. The minimum absolute atomic E-state index is 0. The Bertz CT molecular complexity index is 32.6. The van der Waals surface area contributed by atoms with Gasteiger partial charge in [0.25, 0.3) is 0 Å². The summed E-state index contributed by atoms with van der Waals surface area (Å²) < 4.78 is 0. The summed E-state index contributed by atoms with van der Waals surface area (Å²) in [4.78, 5) is 9.00. The number of hydrogen-bond acceptors (Lipinski definition) is 1. The van der Waals surface area contributed by atoms with Crippen molar-refractivity contribution in [3.63, 3.8) is 0 Å². The van der Waals surface area contributed by atoms with E-state index in [1.54, 1.807) is 0 Å². The summed E-state index contributed by atoms with van der Waals surface area (Å²) in [7, 11) is 0. The van der Waals surface area contributed by atoms with Crippen LogP contribution < -0.4 is 11.5 Å². The third-order valence-corrected chi connectivity index (χ3v) is 0. The number of nitrogens with two attached hydrogens (primary N) is 2. The molecule has 1 unspecified atom stereocenters. The van der Waals surface area contributed by atoms with Crippen molar-refractivity contribution in [3.8, 4) is 0 Å². The first-order valence-corrected chi connectivity index (χ1v) is 0.781. The van der Waals surface area contributed by atoms with Crippen molar-refractivity contribution in [2.24, 2.45) is 11.5 Å². The Labute approximate surface area is 41.0 Å². The van der Waals surface area contributed by atoms with Crippen LogP contribution >= 0.6 is 0 Å². The van der Waals surface area contributed by atoms with Crippen LogP contribution in [0.3, 0.4) is 0 Å². The van der Waals surface area contributed by atoms with E-state index in [-0.39, 0.29) is 18.0 Å². The Morgan fingerprint density at radius 1 is 1.40 bits per heavy atom. The predicted octanol–water partition coefficient (Wildman–Crippen LogP) is -2.16. The quantitative estimate of drug-likeness (QED) is 0.368. The van der Waals surface area contributed by atoms with Crippen LogP contribution in [-0.2, 0) is 0 Å². The van der Waals surface area contributed by atoms with Gasteiger partial charge in [-0.25, -0.2) is 4.79 Å². The van der Waals surface area contributed by atoms with Crippen molar-refractivity contribution in [1.82, 2.24) is 0 Å². The fraction of sp³-hybridized carbons (Fsp3) is 0. The Hall–Kier alpha value is -0.172. The second-order valence-electron chi connectivity index (χ2n) is 0.402. The molecule has 0 saturated heterocycles.